The van der Waals surface area contributed by atoms with Crippen LogP contribution in [0.15, 0.2) is 48.5 Å². The molecule has 3 nitrogen and oxygen atoms in total. The van der Waals surface area contributed by atoms with Crippen LogP contribution in [0.1, 0.15) is 37.8 Å². The van der Waals surface area contributed by atoms with Gasteiger partial charge in [0, 0.05) is 6.42 Å². The van der Waals surface area contributed by atoms with Gasteiger partial charge in [0.15, 0.2) is 5.13 Å². The van der Waals surface area contributed by atoms with Crippen molar-refractivity contribution in [3.8, 4) is 0 Å². The van der Waals surface area contributed by atoms with Crippen LogP contribution in [0.2, 0.25) is 0 Å². The van der Waals surface area contributed by atoms with E-state index in [2.05, 4.69) is 37.3 Å². The van der Waals surface area contributed by atoms with E-state index in [1.807, 2.05) is 30.0 Å². The van der Waals surface area contributed by atoms with Gasteiger partial charge in [-0.1, -0.05) is 67.6 Å². The van der Waals surface area contributed by atoms with Gasteiger partial charge in [-0.15, -0.1) is 0 Å². The highest BCUT2D eigenvalue weighted by Gasteiger charge is 2.20. The Morgan fingerprint density at radius 1 is 1.08 bits per heavy atom. The minimum absolute atomic E-state index is 0.137. The van der Waals surface area contributed by atoms with Crippen LogP contribution in [0.5, 0.6) is 0 Å². The number of aromatic nitrogens is 1. The SMILES string of the molecule is CCCC(=O)N(Cc1ccccc1)c1nc2c(CC)cccc2s1. The Labute approximate surface area is 147 Å². The van der Waals surface area contributed by atoms with Gasteiger partial charge in [-0.3, -0.25) is 9.69 Å². The summed E-state index contributed by atoms with van der Waals surface area (Å²) in [6.07, 6.45) is 2.33. The van der Waals surface area contributed by atoms with Gasteiger partial charge in [0.25, 0.3) is 0 Å². The zero-order chi connectivity index (χ0) is 16.9. The number of fused-ring (bicyclic) bond motifs is 1. The lowest BCUT2D eigenvalue weighted by molar-refractivity contribution is -0.118. The van der Waals surface area contributed by atoms with Crippen LogP contribution in [0.25, 0.3) is 10.2 Å². The second kappa shape index (κ2) is 7.58. The Hall–Kier alpha value is -2.20. The topological polar surface area (TPSA) is 33.2 Å². The first-order chi connectivity index (χ1) is 11.7. The van der Waals surface area contributed by atoms with Crippen molar-refractivity contribution in [2.24, 2.45) is 0 Å². The maximum atomic E-state index is 12.7. The van der Waals surface area contributed by atoms with E-state index in [0.29, 0.717) is 13.0 Å². The number of nitrogens with zero attached hydrogens (tertiary/aromatic N) is 2. The zero-order valence-corrected chi connectivity index (χ0v) is 15.0. The monoisotopic (exact) mass is 338 g/mol. The van der Waals surface area contributed by atoms with Crippen molar-refractivity contribution in [1.29, 1.82) is 0 Å². The molecule has 0 aliphatic carbocycles. The summed E-state index contributed by atoms with van der Waals surface area (Å²) >= 11 is 1.60. The van der Waals surface area contributed by atoms with Gasteiger partial charge in [-0.05, 0) is 30.0 Å². The molecule has 0 fully saturated rings. The van der Waals surface area contributed by atoms with E-state index in [1.54, 1.807) is 11.3 Å². The summed E-state index contributed by atoms with van der Waals surface area (Å²) in [6, 6.07) is 16.4. The van der Waals surface area contributed by atoms with Crippen LogP contribution in [-0.4, -0.2) is 10.9 Å². The van der Waals surface area contributed by atoms with Crippen LogP contribution in [0, 0.1) is 0 Å². The number of carbonyl (C=O) groups excluding carboxylic acids is 1. The predicted octanol–water partition coefficient (Wildman–Crippen LogP) is 5.19. The molecule has 0 N–H and O–H groups in total. The minimum atomic E-state index is 0.137. The molecule has 1 aromatic heterocycles. The fraction of sp³-hybridized carbons (Fsp3) is 0.300. The molecule has 4 heteroatoms. The summed E-state index contributed by atoms with van der Waals surface area (Å²) in [5, 5.41) is 0.799. The number of rotatable bonds is 6. The highest BCUT2D eigenvalue weighted by Crippen LogP contribution is 2.32. The largest absolute Gasteiger partial charge is 0.284 e. The summed E-state index contributed by atoms with van der Waals surface area (Å²) in [6.45, 7) is 4.74. The summed E-state index contributed by atoms with van der Waals surface area (Å²) in [7, 11) is 0. The molecule has 0 aliphatic rings. The molecule has 1 amide bonds. The second-order valence-electron chi connectivity index (χ2n) is 5.83. The van der Waals surface area contributed by atoms with Crippen molar-refractivity contribution < 1.29 is 4.79 Å². The fourth-order valence-corrected chi connectivity index (χ4v) is 3.80. The second-order valence-corrected chi connectivity index (χ2v) is 6.84. The Balaban J connectivity index is 2.00. The van der Waals surface area contributed by atoms with Crippen LogP contribution in [0.4, 0.5) is 5.13 Å². The van der Waals surface area contributed by atoms with Gasteiger partial charge in [-0.25, -0.2) is 4.98 Å². The van der Waals surface area contributed by atoms with Crippen molar-refractivity contribution in [1.82, 2.24) is 4.98 Å². The number of amides is 1. The van der Waals surface area contributed by atoms with E-state index in [-0.39, 0.29) is 5.91 Å². The van der Waals surface area contributed by atoms with E-state index in [9.17, 15) is 4.79 Å². The van der Waals surface area contributed by atoms with Gasteiger partial charge in [0.1, 0.15) is 0 Å². The number of hydrogen-bond acceptors (Lipinski definition) is 3. The van der Waals surface area contributed by atoms with Gasteiger partial charge < -0.3 is 0 Å². The maximum Gasteiger partial charge on any atom is 0.229 e. The first kappa shape index (κ1) is 16.7. The number of benzene rings is 2. The fourth-order valence-electron chi connectivity index (χ4n) is 2.77. The van der Waals surface area contributed by atoms with E-state index < -0.39 is 0 Å². The zero-order valence-electron chi connectivity index (χ0n) is 14.2. The van der Waals surface area contributed by atoms with Crippen LogP contribution < -0.4 is 4.90 Å². The number of carbonyl (C=O) groups is 1. The van der Waals surface area contributed by atoms with Gasteiger partial charge >= 0.3 is 0 Å². The van der Waals surface area contributed by atoms with Gasteiger partial charge in [-0.2, -0.15) is 0 Å². The molecular weight excluding hydrogens is 316 g/mol. The highest BCUT2D eigenvalue weighted by atomic mass is 32.1. The highest BCUT2D eigenvalue weighted by molar-refractivity contribution is 7.22. The van der Waals surface area contributed by atoms with Crippen molar-refractivity contribution >= 4 is 32.6 Å². The Bertz CT molecular complexity index is 826. The van der Waals surface area contributed by atoms with Crippen LogP contribution >= 0.6 is 11.3 Å². The molecule has 124 valence electrons. The molecule has 0 saturated heterocycles. The maximum absolute atomic E-state index is 12.7. The van der Waals surface area contributed by atoms with E-state index >= 15 is 0 Å². The summed E-state index contributed by atoms with van der Waals surface area (Å²) in [5.74, 6) is 0.137. The van der Waals surface area contributed by atoms with Crippen LogP contribution in [0.3, 0.4) is 0 Å². The molecule has 2 aromatic carbocycles. The minimum Gasteiger partial charge on any atom is -0.284 e. The third kappa shape index (κ3) is 3.49. The average Bonchev–Trinajstić information content (AvgIpc) is 3.04. The molecule has 0 saturated carbocycles. The Morgan fingerprint density at radius 3 is 2.58 bits per heavy atom. The lowest BCUT2D eigenvalue weighted by Crippen LogP contribution is -2.29. The molecular formula is C20H22N2OS. The van der Waals surface area contributed by atoms with Crippen molar-refractivity contribution in [2.45, 2.75) is 39.7 Å². The van der Waals surface area contributed by atoms with Crippen molar-refractivity contribution in [2.75, 3.05) is 4.90 Å². The Morgan fingerprint density at radius 2 is 1.88 bits per heavy atom. The van der Waals surface area contributed by atoms with Crippen molar-refractivity contribution in [3.63, 3.8) is 0 Å². The number of thiazole rings is 1. The molecule has 24 heavy (non-hydrogen) atoms. The molecule has 3 rings (SSSR count). The smallest absolute Gasteiger partial charge is 0.229 e. The summed E-state index contributed by atoms with van der Waals surface area (Å²) in [4.78, 5) is 19.3. The lowest BCUT2D eigenvalue weighted by Gasteiger charge is -2.19. The summed E-state index contributed by atoms with van der Waals surface area (Å²) in [5.41, 5.74) is 3.39. The third-order valence-corrected chi connectivity index (χ3v) is 5.10. The van der Waals surface area contributed by atoms with E-state index in [4.69, 9.17) is 4.98 Å². The lowest BCUT2D eigenvalue weighted by atomic mass is 10.1. The molecule has 1 heterocycles. The number of para-hydroxylation sites is 1. The molecule has 0 unspecified atom stereocenters. The van der Waals surface area contributed by atoms with Gasteiger partial charge in [0.2, 0.25) is 5.91 Å². The number of hydrogen-bond donors (Lipinski definition) is 0. The molecule has 0 atom stereocenters. The normalized spacial score (nSPS) is 10.9. The quantitative estimate of drug-likeness (QED) is 0.619. The van der Waals surface area contributed by atoms with E-state index in [1.165, 1.54) is 5.56 Å². The first-order valence-corrected chi connectivity index (χ1v) is 9.27. The molecule has 3 aromatic rings. The van der Waals surface area contributed by atoms with Crippen molar-refractivity contribution in [3.05, 3.63) is 59.7 Å². The molecule has 0 spiro atoms. The number of aryl methyl sites for hydroxylation is 1. The predicted molar refractivity (Wildman–Crippen MR) is 102 cm³/mol. The number of anilines is 1. The van der Waals surface area contributed by atoms with Gasteiger partial charge in [0.05, 0.1) is 16.8 Å². The Kier molecular flexibility index (Phi) is 5.26. The third-order valence-electron chi connectivity index (χ3n) is 4.05. The van der Waals surface area contributed by atoms with Crippen LogP contribution in [-0.2, 0) is 17.8 Å². The average molecular weight is 338 g/mol. The summed E-state index contributed by atoms with van der Waals surface area (Å²) < 4.78 is 1.15. The molecule has 0 aliphatic heterocycles. The molecule has 0 bridgehead atoms. The first-order valence-electron chi connectivity index (χ1n) is 8.45. The van der Waals surface area contributed by atoms with E-state index in [0.717, 1.165) is 33.8 Å². The standard InChI is InChI=1S/C20H22N2OS/c1-3-9-18(23)22(14-15-10-6-5-7-11-15)20-21-19-16(4-2)12-8-13-17(19)24-20/h5-8,10-13H,3-4,9,14H2,1-2H3. The molecule has 0 radical (unpaired) electrons.